The maximum absolute atomic E-state index is 12.3. The van der Waals surface area contributed by atoms with E-state index in [2.05, 4.69) is 0 Å². The number of sulfone groups is 1. The Morgan fingerprint density at radius 3 is 2.21 bits per heavy atom. The van der Waals surface area contributed by atoms with E-state index in [-0.39, 0.29) is 10.7 Å². The zero-order chi connectivity index (χ0) is 14.6. The highest BCUT2D eigenvalue weighted by Crippen LogP contribution is 2.18. The molecule has 104 valence electrons. The van der Waals surface area contributed by atoms with Crippen LogP contribution in [-0.4, -0.2) is 38.9 Å². The van der Waals surface area contributed by atoms with Crippen molar-refractivity contribution < 1.29 is 13.2 Å². The van der Waals surface area contributed by atoms with Crippen LogP contribution >= 0.6 is 11.6 Å². The van der Waals surface area contributed by atoms with Crippen LogP contribution in [0.5, 0.6) is 0 Å². The smallest absolute Gasteiger partial charge is 0.205 e. The van der Waals surface area contributed by atoms with E-state index in [1.807, 2.05) is 0 Å². The SMILES string of the molecule is CCS(=O)(=O)/C(=C\N(C)C)C(=O)c1ccc(Cl)cc1. The first-order chi connectivity index (χ1) is 8.77. The summed E-state index contributed by atoms with van der Waals surface area (Å²) in [7, 11) is -0.242. The number of carbonyl (C=O) groups excluding carboxylic acids is 1. The van der Waals surface area contributed by atoms with Crippen molar-refractivity contribution in [3.8, 4) is 0 Å². The van der Waals surface area contributed by atoms with Crippen molar-refractivity contribution in [3.05, 3.63) is 46.0 Å². The summed E-state index contributed by atoms with van der Waals surface area (Å²) in [6.07, 6.45) is 1.33. The van der Waals surface area contributed by atoms with Crippen LogP contribution in [0, 0.1) is 0 Å². The van der Waals surface area contributed by atoms with Crippen LogP contribution in [0.1, 0.15) is 17.3 Å². The van der Waals surface area contributed by atoms with Crippen molar-refractivity contribution >= 4 is 27.2 Å². The number of nitrogens with zero attached hydrogens (tertiary/aromatic N) is 1. The molecule has 0 spiro atoms. The maximum atomic E-state index is 12.3. The molecule has 0 saturated carbocycles. The van der Waals surface area contributed by atoms with Crippen LogP contribution < -0.4 is 0 Å². The molecular weight excluding hydrogens is 286 g/mol. The lowest BCUT2D eigenvalue weighted by atomic mass is 10.1. The zero-order valence-electron chi connectivity index (χ0n) is 11.1. The third kappa shape index (κ3) is 4.08. The van der Waals surface area contributed by atoms with Crippen LogP contribution in [-0.2, 0) is 9.84 Å². The lowest BCUT2D eigenvalue weighted by molar-refractivity contribution is 0.104. The van der Waals surface area contributed by atoms with Gasteiger partial charge in [-0.25, -0.2) is 8.42 Å². The number of rotatable bonds is 5. The summed E-state index contributed by atoms with van der Waals surface area (Å²) >= 11 is 5.75. The van der Waals surface area contributed by atoms with Crippen molar-refractivity contribution in [2.24, 2.45) is 0 Å². The lowest BCUT2D eigenvalue weighted by Gasteiger charge is -2.11. The van der Waals surface area contributed by atoms with E-state index in [0.29, 0.717) is 10.6 Å². The highest BCUT2D eigenvalue weighted by Gasteiger charge is 2.24. The molecule has 0 aliphatic rings. The number of hydrogen-bond acceptors (Lipinski definition) is 4. The second-order valence-electron chi connectivity index (χ2n) is 4.20. The second kappa shape index (κ2) is 6.21. The first-order valence-corrected chi connectivity index (χ1v) is 7.72. The monoisotopic (exact) mass is 301 g/mol. The van der Waals surface area contributed by atoms with Crippen LogP contribution in [0.25, 0.3) is 0 Å². The number of benzene rings is 1. The summed E-state index contributed by atoms with van der Waals surface area (Å²) in [6.45, 7) is 1.51. The Bertz CT molecular complexity index is 589. The summed E-state index contributed by atoms with van der Waals surface area (Å²) in [5.74, 6) is -0.640. The van der Waals surface area contributed by atoms with E-state index < -0.39 is 15.6 Å². The normalized spacial score (nSPS) is 12.3. The Morgan fingerprint density at radius 2 is 1.79 bits per heavy atom. The number of Topliss-reactive ketones (excluding diaryl/α,β-unsaturated/α-hetero) is 1. The van der Waals surface area contributed by atoms with E-state index in [4.69, 9.17) is 11.6 Å². The van der Waals surface area contributed by atoms with E-state index >= 15 is 0 Å². The molecule has 0 aliphatic heterocycles. The third-order valence-electron chi connectivity index (χ3n) is 2.42. The number of ketones is 1. The second-order valence-corrected chi connectivity index (χ2v) is 6.88. The first kappa shape index (κ1) is 15.7. The number of allylic oxidation sites excluding steroid dienone is 1. The topological polar surface area (TPSA) is 54.5 Å². The fourth-order valence-electron chi connectivity index (χ4n) is 1.41. The van der Waals surface area contributed by atoms with Crippen molar-refractivity contribution in [2.75, 3.05) is 19.8 Å². The minimum atomic E-state index is -3.58. The van der Waals surface area contributed by atoms with Gasteiger partial charge in [0, 0.05) is 30.9 Å². The summed E-state index contributed by atoms with van der Waals surface area (Å²) in [4.78, 5) is 13.6. The minimum Gasteiger partial charge on any atom is -0.382 e. The molecule has 1 aromatic carbocycles. The molecule has 0 radical (unpaired) electrons. The minimum absolute atomic E-state index is 0.119. The highest BCUT2D eigenvalue weighted by molar-refractivity contribution is 7.96. The molecule has 1 rings (SSSR count). The van der Waals surface area contributed by atoms with E-state index in [0.717, 1.165) is 0 Å². The van der Waals surface area contributed by atoms with Crippen molar-refractivity contribution in [1.82, 2.24) is 4.90 Å². The average Bonchev–Trinajstić information content (AvgIpc) is 2.35. The van der Waals surface area contributed by atoms with Gasteiger partial charge in [0.15, 0.2) is 9.84 Å². The van der Waals surface area contributed by atoms with E-state index in [9.17, 15) is 13.2 Å². The Labute approximate surface area is 118 Å². The van der Waals surface area contributed by atoms with Gasteiger partial charge in [-0.1, -0.05) is 18.5 Å². The van der Waals surface area contributed by atoms with Gasteiger partial charge in [0.05, 0.1) is 5.75 Å². The Hall–Kier alpha value is -1.33. The number of halogens is 1. The molecule has 0 atom stereocenters. The van der Waals surface area contributed by atoms with Gasteiger partial charge in [-0.05, 0) is 24.3 Å². The van der Waals surface area contributed by atoms with Crippen LogP contribution in [0.15, 0.2) is 35.4 Å². The maximum Gasteiger partial charge on any atom is 0.205 e. The largest absolute Gasteiger partial charge is 0.382 e. The Balaban J connectivity index is 3.27. The third-order valence-corrected chi connectivity index (χ3v) is 4.39. The molecule has 0 N–H and O–H groups in total. The summed E-state index contributed by atoms with van der Waals surface area (Å²) in [6, 6.07) is 6.14. The molecule has 0 saturated heterocycles. The number of hydrogen-bond donors (Lipinski definition) is 0. The summed E-state index contributed by atoms with van der Waals surface area (Å²) < 4.78 is 23.9. The van der Waals surface area contributed by atoms with Gasteiger partial charge >= 0.3 is 0 Å². The van der Waals surface area contributed by atoms with Crippen LogP contribution in [0.4, 0.5) is 0 Å². The standard InChI is InChI=1S/C13H16ClNO3S/c1-4-19(17,18)12(9-15(2)3)13(16)10-5-7-11(14)8-6-10/h5-9H,4H2,1-3H3/b12-9-. The van der Waals surface area contributed by atoms with Gasteiger partial charge in [-0.3, -0.25) is 4.79 Å². The fraction of sp³-hybridized carbons (Fsp3) is 0.308. The quantitative estimate of drug-likeness (QED) is 0.619. The first-order valence-electron chi connectivity index (χ1n) is 5.69. The molecule has 0 amide bonds. The van der Waals surface area contributed by atoms with E-state index in [1.54, 1.807) is 26.2 Å². The van der Waals surface area contributed by atoms with Gasteiger partial charge in [-0.2, -0.15) is 0 Å². The molecule has 0 aromatic heterocycles. The van der Waals surface area contributed by atoms with Gasteiger partial charge in [0.2, 0.25) is 5.78 Å². The number of carbonyl (C=O) groups is 1. The summed E-state index contributed by atoms with van der Waals surface area (Å²) in [5.41, 5.74) is 0.300. The molecule has 0 heterocycles. The predicted molar refractivity (Wildman–Crippen MR) is 77.0 cm³/mol. The molecule has 0 unspecified atom stereocenters. The fourth-order valence-corrected chi connectivity index (χ4v) is 2.62. The van der Waals surface area contributed by atoms with Crippen molar-refractivity contribution in [3.63, 3.8) is 0 Å². The molecule has 4 nitrogen and oxygen atoms in total. The molecular formula is C13H16ClNO3S. The van der Waals surface area contributed by atoms with Gasteiger partial charge < -0.3 is 4.90 Å². The average molecular weight is 302 g/mol. The summed E-state index contributed by atoms with van der Waals surface area (Å²) in [5, 5.41) is 0.494. The van der Waals surface area contributed by atoms with Crippen molar-refractivity contribution in [2.45, 2.75) is 6.92 Å². The lowest BCUT2D eigenvalue weighted by Crippen LogP contribution is -2.19. The molecule has 1 aromatic rings. The van der Waals surface area contributed by atoms with Gasteiger partial charge in [0.25, 0.3) is 0 Å². The van der Waals surface area contributed by atoms with Crippen LogP contribution in [0.2, 0.25) is 5.02 Å². The molecule has 0 aliphatic carbocycles. The Kier molecular flexibility index (Phi) is 5.14. The Morgan fingerprint density at radius 1 is 1.26 bits per heavy atom. The van der Waals surface area contributed by atoms with E-state index in [1.165, 1.54) is 30.2 Å². The van der Waals surface area contributed by atoms with Gasteiger partial charge in [0.1, 0.15) is 4.91 Å². The molecule has 0 fully saturated rings. The molecule has 0 bridgehead atoms. The molecule has 19 heavy (non-hydrogen) atoms. The predicted octanol–water partition coefficient (Wildman–Crippen LogP) is 2.36. The zero-order valence-corrected chi connectivity index (χ0v) is 12.6. The molecule has 6 heteroatoms. The van der Waals surface area contributed by atoms with Gasteiger partial charge in [-0.15, -0.1) is 0 Å². The van der Waals surface area contributed by atoms with Crippen molar-refractivity contribution in [1.29, 1.82) is 0 Å². The van der Waals surface area contributed by atoms with Crippen LogP contribution in [0.3, 0.4) is 0 Å². The highest BCUT2D eigenvalue weighted by atomic mass is 35.5.